The number of halogens is 1. The second kappa shape index (κ2) is 10.4. The van der Waals surface area contributed by atoms with Crippen molar-refractivity contribution >= 4 is 28.9 Å². The van der Waals surface area contributed by atoms with Crippen LogP contribution in [0.25, 0.3) is 0 Å². The van der Waals surface area contributed by atoms with E-state index in [-0.39, 0.29) is 12.5 Å². The number of hydrogen-bond acceptors (Lipinski definition) is 4. The van der Waals surface area contributed by atoms with Crippen molar-refractivity contribution in [2.75, 3.05) is 30.4 Å². The number of amides is 1. The summed E-state index contributed by atoms with van der Waals surface area (Å²) in [7, 11) is 0. The molecule has 0 heterocycles. The highest BCUT2D eigenvalue weighted by atomic mass is 35.5. The van der Waals surface area contributed by atoms with E-state index >= 15 is 0 Å². The Morgan fingerprint density at radius 2 is 1.48 bits per heavy atom. The topological polar surface area (TPSA) is 59.6 Å². The van der Waals surface area contributed by atoms with Crippen LogP contribution < -0.4 is 20.1 Å². The molecule has 2 N–H and O–H groups in total. The van der Waals surface area contributed by atoms with E-state index in [1.165, 1.54) is 0 Å². The van der Waals surface area contributed by atoms with Gasteiger partial charge in [-0.1, -0.05) is 35.9 Å². The van der Waals surface area contributed by atoms with Crippen molar-refractivity contribution in [1.82, 2.24) is 0 Å². The Morgan fingerprint density at radius 1 is 0.862 bits per heavy atom. The smallest absolute Gasteiger partial charge is 0.243 e. The van der Waals surface area contributed by atoms with Gasteiger partial charge in [0.15, 0.2) is 0 Å². The molecule has 6 heteroatoms. The molecule has 3 aromatic carbocycles. The van der Waals surface area contributed by atoms with Crippen molar-refractivity contribution in [3.05, 3.63) is 83.4 Å². The summed E-state index contributed by atoms with van der Waals surface area (Å²) < 4.78 is 11.3. The van der Waals surface area contributed by atoms with Crippen LogP contribution in [-0.2, 0) is 4.79 Å². The number of benzene rings is 3. The van der Waals surface area contributed by atoms with Crippen LogP contribution in [0.1, 0.15) is 5.56 Å². The van der Waals surface area contributed by atoms with Gasteiger partial charge >= 0.3 is 0 Å². The predicted octanol–water partition coefficient (Wildman–Crippen LogP) is 5.16. The Hall–Kier alpha value is -3.18. The number of carbonyl (C=O) groups is 1. The highest BCUT2D eigenvalue weighted by molar-refractivity contribution is 6.31. The van der Waals surface area contributed by atoms with E-state index in [0.717, 1.165) is 22.7 Å². The van der Waals surface area contributed by atoms with Crippen LogP contribution in [0, 0.1) is 6.92 Å². The lowest BCUT2D eigenvalue weighted by molar-refractivity contribution is -0.114. The summed E-state index contributed by atoms with van der Waals surface area (Å²) in [6.45, 7) is 2.98. The standard InChI is InChI=1S/C23H23ClN2O3/c1-17-7-8-19(15-22(17)24)26-23(27)16-25-18-9-11-21(12-10-18)29-14-13-28-20-5-3-2-4-6-20/h2-12,15,25H,13-14,16H2,1H3,(H,26,27). The number of aryl methyl sites for hydroxylation is 1. The monoisotopic (exact) mass is 410 g/mol. The van der Waals surface area contributed by atoms with Crippen molar-refractivity contribution in [2.24, 2.45) is 0 Å². The molecule has 0 aliphatic heterocycles. The number of hydrogen-bond donors (Lipinski definition) is 2. The molecule has 0 fully saturated rings. The average molecular weight is 411 g/mol. The fraction of sp³-hybridized carbons (Fsp3) is 0.174. The van der Waals surface area contributed by atoms with Crippen LogP contribution in [0.5, 0.6) is 11.5 Å². The van der Waals surface area contributed by atoms with Crippen LogP contribution >= 0.6 is 11.6 Å². The molecular weight excluding hydrogens is 388 g/mol. The second-order valence-corrected chi connectivity index (χ2v) is 6.81. The van der Waals surface area contributed by atoms with E-state index < -0.39 is 0 Å². The average Bonchev–Trinajstić information content (AvgIpc) is 2.74. The van der Waals surface area contributed by atoms with Gasteiger partial charge in [0.2, 0.25) is 5.91 Å². The zero-order valence-corrected chi connectivity index (χ0v) is 16.9. The molecule has 5 nitrogen and oxygen atoms in total. The fourth-order valence-electron chi connectivity index (χ4n) is 2.56. The number of nitrogens with one attached hydrogen (secondary N) is 2. The molecule has 0 aliphatic rings. The van der Waals surface area contributed by atoms with Crippen molar-refractivity contribution in [2.45, 2.75) is 6.92 Å². The van der Waals surface area contributed by atoms with Crippen LogP contribution in [-0.4, -0.2) is 25.7 Å². The Morgan fingerprint density at radius 3 is 2.14 bits per heavy atom. The van der Waals surface area contributed by atoms with Crippen molar-refractivity contribution in [1.29, 1.82) is 0 Å². The third-order valence-corrected chi connectivity index (χ3v) is 4.53. The first-order valence-electron chi connectivity index (χ1n) is 9.31. The van der Waals surface area contributed by atoms with Crippen molar-refractivity contribution in [3.63, 3.8) is 0 Å². The minimum Gasteiger partial charge on any atom is -0.490 e. The molecule has 150 valence electrons. The van der Waals surface area contributed by atoms with Gasteiger partial charge in [0, 0.05) is 16.4 Å². The lowest BCUT2D eigenvalue weighted by atomic mass is 10.2. The summed E-state index contributed by atoms with van der Waals surface area (Å²) in [4.78, 5) is 12.1. The first-order chi connectivity index (χ1) is 14.1. The zero-order valence-electron chi connectivity index (χ0n) is 16.2. The second-order valence-electron chi connectivity index (χ2n) is 6.40. The number of ether oxygens (including phenoxy) is 2. The molecule has 0 aliphatic carbocycles. The lowest BCUT2D eigenvalue weighted by Gasteiger charge is -2.10. The van der Waals surface area contributed by atoms with Gasteiger partial charge in [0.05, 0.1) is 6.54 Å². The quantitative estimate of drug-likeness (QED) is 0.478. The first-order valence-corrected chi connectivity index (χ1v) is 9.68. The van der Waals surface area contributed by atoms with Crippen LogP contribution in [0.3, 0.4) is 0 Å². The van der Waals surface area contributed by atoms with Gasteiger partial charge in [-0.25, -0.2) is 0 Å². The van der Waals surface area contributed by atoms with Gasteiger partial charge in [-0.3, -0.25) is 4.79 Å². The number of para-hydroxylation sites is 1. The molecular formula is C23H23ClN2O3. The molecule has 0 aromatic heterocycles. The maximum absolute atomic E-state index is 12.1. The maximum atomic E-state index is 12.1. The molecule has 0 spiro atoms. The van der Waals surface area contributed by atoms with Gasteiger partial charge in [-0.05, 0) is 61.0 Å². The van der Waals surface area contributed by atoms with Gasteiger partial charge < -0.3 is 20.1 Å². The summed E-state index contributed by atoms with van der Waals surface area (Å²) in [5, 5.41) is 6.52. The van der Waals surface area contributed by atoms with Gasteiger partial charge in [-0.2, -0.15) is 0 Å². The zero-order chi connectivity index (χ0) is 20.5. The highest BCUT2D eigenvalue weighted by Crippen LogP contribution is 2.20. The molecule has 0 saturated heterocycles. The molecule has 3 aromatic rings. The van der Waals surface area contributed by atoms with E-state index in [4.69, 9.17) is 21.1 Å². The Kier molecular flexibility index (Phi) is 7.36. The molecule has 3 rings (SSSR count). The molecule has 0 atom stereocenters. The highest BCUT2D eigenvalue weighted by Gasteiger charge is 2.04. The minimum atomic E-state index is -0.150. The van der Waals surface area contributed by atoms with Crippen molar-refractivity contribution in [3.8, 4) is 11.5 Å². The van der Waals surface area contributed by atoms with Crippen molar-refractivity contribution < 1.29 is 14.3 Å². The maximum Gasteiger partial charge on any atom is 0.243 e. The lowest BCUT2D eigenvalue weighted by Crippen LogP contribution is -2.21. The van der Waals surface area contributed by atoms with Crippen LogP contribution in [0.15, 0.2) is 72.8 Å². The first kappa shape index (κ1) is 20.6. The predicted molar refractivity (Wildman–Crippen MR) is 117 cm³/mol. The summed E-state index contributed by atoms with van der Waals surface area (Å²) in [6.07, 6.45) is 0. The summed E-state index contributed by atoms with van der Waals surface area (Å²) in [5.74, 6) is 1.41. The van der Waals surface area contributed by atoms with E-state index in [1.807, 2.05) is 73.7 Å². The Labute approximate surface area is 175 Å². The molecule has 29 heavy (non-hydrogen) atoms. The van der Waals surface area contributed by atoms with E-state index in [2.05, 4.69) is 10.6 Å². The number of anilines is 2. The molecule has 0 saturated carbocycles. The molecule has 1 amide bonds. The number of carbonyl (C=O) groups excluding carboxylic acids is 1. The molecule has 0 bridgehead atoms. The van der Waals surface area contributed by atoms with Gasteiger partial charge in [0.25, 0.3) is 0 Å². The SMILES string of the molecule is Cc1ccc(NC(=O)CNc2ccc(OCCOc3ccccc3)cc2)cc1Cl. The summed E-state index contributed by atoms with van der Waals surface area (Å²) >= 11 is 6.08. The molecule has 0 unspecified atom stereocenters. The summed E-state index contributed by atoms with van der Waals surface area (Å²) in [5.41, 5.74) is 2.47. The van der Waals surface area contributed by atoms with Crippen LogP contribution in [0.4, 0.5) is 11.4 Å². The third-order valence-electron chi connectivity index (χ3n) is 4.13. The molecule has 0 radical (unpaired) electrons. The summed E-state index contributed by atoms with van der Waals surface area (Å²) in [6, 6.07) is 22.5. The van der Waals surface area contributed by atoms with Crippen LogP contribution in [0.2, 0.25) is 5.02 Å². The normalized spacial score (nSPS) is 10.3. The van der Waals surface area contributed by atoms with E-state index in [0.29, 0.717) is 23.9 Å². The van der Waals surface area contributed by atoms with E-state index in [1.54, 1.807) is 6.07 Å². The van der Waals surface area contributed by atoms with E-state index in [9.17, 15) is 4.79 Å². The Bertz CT molecular complexity index is 931. The third kappa shape index (κ3) is 6.73. The van der Waals surface area contributed by atoms with Gasteiger partial charge in [0.1, 0.15) is 24.7 Å². The fourth-order valence-corrected chi connectivity index (χ4v) is 2.74. The van der Waals surface area contributed by atoms with Gasteiger partial charge in [-0.15, -0.1) is 0 Å². The number of rotatable bonds is 9. The Balaban J connectivity index is 1.38. The largest absolute Gasteiger partial charge is 0.490 e. The minimum absolute atomic E-state index is 0.149.